The molecule has 0 amide bonds. The molecule has 0 spiro atoms. The summed E-state index contributed by atoms with van der Waals surface area (Å²) in [6.45, 7) is 4.30. The van der Waals surface area contributed by atoms with Crippen LogP contribution in [0.5, 0.6) is 0 Å². The molecule has 0 atom stereocenters. The van der Waals surface area contributed by atoms with E-state index < -0.39 is 0 Å². The standard InChI is InChI=1S/C7H17NO.ClH/c1-7(2,8)5-3-4-6-9;/h9H,3-6,8H2,1-2H3;1H. The third kappa shape index (κ3) is 11.1. The summed E-state index contributed by atoms with van der Waals surface area (Å²) in [4.78, 5) is 0. The van der Waals surface area contributed by atoms with Gasteiger partial charge in [-0.1, -0.05) is 0 Å². The molecule has 10 heavy (non-hydrogen) atoms. The van der Waals surface area contributed by atoms with E-state index in [0.717, 1.165) is 19.3 Å². The van der Waals surface area contributed by atoms with Gasteiger partial charge in [-0.15, -0.1) is 12.4 Å². The molecule has 0 saturated heterocycles. The van der Waals surface area contributed by atoms with Crippen LogP contribution < -0.4 is 5.73 Å². The molecule has 0 rings (SSSR count). The van der Waals surface area contributed by atoms with E-state index in [-0.39, 0.29) is 24.6 Å². The van der Waals surface area contributed by atoms with Crippen LogP contribution >= 0.6 is 12.4 Å². The number of unbranched alkanes of at least 4 members (excludes halogenated alkanes) is 1. The quantitative estimate of drug-likeness (QED) is 0.621. The highest BCUT2D eigenvalue weighted by molar-refractivity contribution is 5.85. The minimum Gasteiger partial charge on any atom is -0.396 e. The number of halogens is 1. The van der Waals surface area contributed by atoms with Gasteiger partial charge < -0.3 is 10.8 Å². The zero-order valence-electron chi connectivity index (χ0n) is 6.76. The van der Waals surface area contributed by atoms with Gasteiger partial charge in [-0.2, -0.15) is 0 Å². The number of hydrogen-bond acceptors (Lipinski definition) is 2. The number of rotatable bonds is 4. The summed E-state index contributed by atoms with van der Waals surface area (Å²) in [6, 6.07) is 0. The lowest BCUT2D eigenvalue weighted by Gasteiger charge is -2.17. The van der Waals surface area contributed by atoms with Crippen molar-refractivity contribution in [3.63, 3.8) is 0 Å². The van der Waals surface area contributed by atoms with E-state index in [9.17, 15) is 0 Å². The van der Waals surface area contributed by atoms with Gasteiger partial charge in [0.25, 0.3) is 0 Å². The van der Waals surface area contributed by atoms with Crippen molar-refractivity contribution in [2.75, 3.05) is 6.61 Å². The number of aliphatic hydroxyl groups is 1. The molecule has 0 saturated carbocycles. The molecule has 3 heteroatoms. The van der Waals surface area contributed by atoms with Crippen LogP contribution in [0.15, 0.2) is 0 Å². The molecule has 0 aliphatic rings. The number of hydrogen-bond donors (Lipinski definition) is 2. The van der Waals surface area contributed by atoms with Crippen LogP contribution in [0.1, 0.15) is 33.1 Å². The lowest BCUT2D eigenvalue weighted by atomic mass is 9.99. The molecule has 0 aliphatic heterocycles. The van der Waals surface area contributed by atoms with E-state index >= 15 is 0 Å². The summed E-state index contributed by atoms with van der Waals surface area (Å²) in [5, 5.41) is 8.42. The van der Waals surface area contributed by atoms with Gasteiger partial charge in [0, 0.05) is 12.1 Å². The Morgan fingerprint density at radius 3 is 2.10 bits per heavy atom. The molecule has 0 bridgehead atoms. The van der Waals surface area contributed by atoms with E-state index in [1.165, 1.54) is 0 Å². The van der Waals surface area contributed by atoms with E-state index in [1.807, 2.05) is 13.8 Å². The Balaban J connectivity index is 0. The number of nitrogens with two attached hydrogens (primary N) is 1. The van der Waals surface area contributed by atoms with Crippen molar-refractivity contribution in [2.45, 2.75) is 38.6 Å². The van der Waals surface area contributed by atoms with Crippen molar-refractivity contribution in [2.24, 2.45) is 5.73 Å². The van der Waals surface area contributed by atoms with Crippen LogP contribution in [0.2, 0.25) is 0 Å². The summed E-state index contributed by atoms with van der Waals surface area (Å²) >= 11 is 0. The molecule has 0 aliphatic carbocycles. The fraction of sp³-hybridized carbons (Fsp3) is 1.00. The van der Waals surface area contributed by atoms with Gasteiger partial charge in [0.1, 0.15) is 0 Å². The first kappa shape index (κ1) is 12.8. The predicted octanol–water partition coefficient (Wildman–Crippen LogP) is 1.31. The molecule has 0 aromatic heterocycles. The van der Waals surface area contributed by atoms with Crippen molar-refractivity contribution in [3.05, 3.63) is 0 Å². The Morgan fingerprint density at radius 2 is 1.80 bits per heavy atom. The fourth-order valence-corrected chi connectivity index (χ4v) is 0.692. The van der Waals surface area contributed by atoms with Crippen LogP contribution in [0.3, 0.4) is 0 Å². The van der Waals surface area contributed by atoms with E-state index in [0.29, 0.717) is 0 Å². The molecule has 0 fully saturated rings. The van der Waals surface area contributed by atoms with Crippen LogP contribution in [0.25, 0.3) is 0 Å². The van der Waals surface area contributed by atoms with Gasteiger partial charge in [0.15, 0.2) is 0 Å². The molecule has 0 unspecified atom stereocenters. The molecular weight excluding hydrogens is 150 g/mol. The topological polar surface area (TPSA) is 46.2 Å². The van der Waals surface area contributed by atoms with Crippen LogP contribution in [0.4, 0.5) is 0 Å². The minimum absolute atomic E-state index is 0. The van der Waals surface area contributed by atoms with E-state index in [2.05, 4.69) is 0 Å². The highest BCUT2D eigenvalue weighted by Crippen LogP contribution is 2.07. The molecule has 0 aromatic rings. The lowest BCUT2D eigenvalue weighted by molar-refractivity contribution is 0.277. The first-order valence-electron chi connectivity index (χ1n) is 3.46. The Bertz CT molecular complexity index is 70.5. The summed E-state index contributed by atoms with van der Waals surface area (Å²) < 4.78 is 0. The second kappa shape index (κ2) is 5.96. The second-order valence-electron chi connectivity index (χ2n) is 3.17. The van der Waals surface area contributed by atoms with E-state index in [4.69, 9.17) is 10.8 Å². The first-order chi connectivity index (χ1) is 4.06. The fourth-order valence-electron chi connectivity index (χ4n) is 0.692. The van der Waals surface area contributed by atoms with Crippen LogP contribution in [-0.2, 0) is 0 Å². The maximum absolute atomic E-state index is 8.42. The minimum atomic E-state index is -0.0603. The highest BCUT2D eigenvalue weighted by atomic mass is 35.5. The van der Waals surface area contributed by atoms with Crippen molar-refractivity contribution in [1.82, 2.24) is 0 Å². The molecule has 64 valence electrons. The van der Waals surface area contributed by atoms with Gasteiger partial charge in [0.2, 0.25) is 0 Å². The number of aliphatic hydroxyl groups excluding tert-OH is 1. The Labute approximate surface area is 69.2 Å². The maximum Gasteiger partial charge on any atom is 0.0431 e. The van der Waals surface area contributed by atoms with Crippen molar-refractivity contribution < 1.29 is 5.11 Å². The molecular formula is C7H18ClNO. The summed E-state index contributed by atoms with van der Waals surface area (Å²) in [5.74, 6) is 0. The SMILES string of the molecule is CC(C)(N)CCCCO.Cl. The van der Waals surface area contributed by atoms with Crippen molar-refractivity contribution in [3.8, 4) is 0 Å². The van der Waals surface area contributed by atoms with Gasteiger partial charge in [0.05, 0.1) is 0 Å². The molecule has 0 heterocycles. The first-order valence-corrected chi connectivity index (χ1v) is 3.46. The zero-order valence-corrected chi connectivity index (χ0v) is 7.58. The predicted molar refractivity (Wildman–Crippen MR) is 46.5 cm³/mol. The third-order valence-electron chi connectivity index (χ3n) is 1.23. The average Bonchev–Trinajstić information content (AvgIpc) is 1.63. The smallest absolute Gasteiger partial charge is 0.0431 e. The molecule has 3 N–H and O–H groups in total. The van der Waals surface area contributed by atoms with Gasteiger partial charge in [-0.05, 0) is 33.1 Å². The maximum atomic E-state index is 8.42. The van der Waals surface area contributed by atoms with Crippen molar-refractivity contribution >= 4 is 12.4 Å². The average molecular weight is 168 g/mol. The monoisotopic (exact) mass is 167 g/mol. The normalized spacial score (nSPS) is 10.8. The van der Waals surface area contributed by atoms with Crippen LogP contribution in [0, 0.1) is 0 Å². The van der Waals surface area contributed by atoms with Gasteiger partial charge in [-0.3, -0.25) is 0 Å². The van der Waals surface area contributed by atoms with Crippen LogP contribution in [-0.4, -0.2) is 17.3 Å². The second-order valence-corrected chi connectivity index (χ2v) is 3.17. The molecule has 2 nitrogen and oxygen atoms in total. The molecule has 0 radical (unpaired) electrons. The van der Waals surface area contributed by atoms with E-state index in [1.54, 1.807) is 0 Å². The molecule has 0 aromatic carbocycles. The Morgan fingerprint density at radius 1 is 1.30 bits per heavy atom. The summed E-state index contributed by atoms with van der Waals surface area (Å²) in [6.07, 6.45) is 2.90. The van der Waals surface area contributed by atoms with Gasteiger partial charge in [-0.25, -0.2) is 0 Å². The third-order valence-corrected chi connectivity index (χ3v) is 1.23. The highest BCUT2D eigenvalue weighted by Gasteiger charge is 2.08. The summed E-state index contributed by atoms with van der Waals surface area (Å²) in [5.41, 5.74) is 5.63. The summed E-state index contributed by atoms with van der Waals surface area (Å²) in [7, 11) is 0. The largest absolute Gasteiger partial charge is 0.396 e. The van der Waals surface area contributed by atoms with Crippen molar-refractivity contribution in [1.29, 1.82) is 0 Å². The Hall–Kier alpha value is 0.210. The Kier molecular flexibility index (Phi) is 7.65. The van der Waals surface area contributed by atoms with Gasteiger partial charge >= 0.3 is 0 Å². The lowest BCUT2D eigenvalue weighted by Crippen LogP contribution is -2.31. The zero-order chi connectivity index (χ0) is 7.33.